The zero-order valence-electron chi connectivity index (χ0n) is 17.8. The summed E-state index contributed by atoms with van der Waals surface area (Å²) in [6.07, 6.45) is 1.42. The summed E-state index contributed by atoms with van der Waals surface area (Å²) < 4.78 is 19.2. The van der Waals surface area contributed by atoms with Gasteiger partial charge in [-0.25, -0.2) is 9.37 Å². The summed E-state index contributed by atoms with van der Waals surface area (Å²) in [5.74, 6) is -0.203. The molecule has 0 spiro atoms. The Labute approximate surface area is 196 Å². The highest BCUT2D eigenvalue weighted by Gasteiger charge is 2.16. The van der Waals surface area contributed by atoms with E-state index in [0.29, 0.717) is 55.2 Å². The van der Waals surface area contributed by atoms with Crippen molar-refractivity contribution in [2.24, 2.45) is 0 Å². The Bertz CT molecular complexity index is 1130. The first kappa shape index (κ1) is 22.7. The van der Waals surface area contributed by atoms with Gasteiger partial charge in [-0.2, -0.15) is 0 Å². The highest BCUT2D eigenvalue weighted by atomic mass is 35.5. The number of amidine groups is 1. The molecule has 2 heterocycles. The van der Waals surface area contributed by atoms with Crippen LogP contribution in [0.1, 0.15) is 21.5 Å². The number of hydrogen-bond donors (Lipinski definition) is 3. The summed E-state index contributed by atoms with van der Waals surface area (Å²) in [6, 6.07) is 14.9. The number of pyridine rings is 1. The largest absolute Gasteiger partial charge is 0.380 e. The highest BCUT2D eigenvalue weighted by molar-refractivity contribution is 6.30. The molecule has 9 heteroatoms. The predicted molar refractivity (Wildman–Crippen MR) is 127 cm³/mol. The van der Waals surface area contributed by atoms with Crippen molar-refractivity contribution in [3.8, 4) is 0 Å². The van der Waals surface area contributed by atoms with Crippen molar-refractivity contribution in [1.82, 2.24) is 9.88 Å². The summed E-state index contributed by atoms with van der Waals surface area (Å²) in [5.41, 5.74) is 2.45. The Hall–Kier alpha value is -3.49. The van der Waals surface area contributed by atoms with E-state index in [1.54, 1.807) is 12.1 Å². The van der Waals surface area contributed by atoms with Gasteiger partial charge in [-0.3, -0.25) is 10.2 Å². The minimum atomic E-state index is -0.513. The predicted octanol–water partition coefficient (Wildman–Crippen LogP) is 4.40. The molecule has 0 bridgehead atoms. The standard InChI is InChI=1S/C24H23ClFN5O2/c25-18-5-8-22(29-15-18)30-24(32)20-13-19(26)6-7-21(20)28-14-16-1-3-17(4-2-16)23(27)31-9-11-33-12-10-31/h1-8,13,15,27-28H,9-12,14H2,(H,29,30,32). The van der Waals surface area contributed by atoms with Crippen LogP contribution in [0.15, 0.2) is 60.8 Å². The van der Waals surface area contributed by atoms with E-state index in [9.17, 15) is 9.18 Å². The molecule has 33 heavy (non-hydrogen) atoms. The lowest BCUT2D eigenvalue weighted by Gasteiger charge is -2.29. The van der Waals surface area contributed by atoms with Crippen LogP contribution < -0.4 is 10.6 Å². The maximum absolute atomic E-state index is 13.9. The molecular weight excluding hydrogens is 445 g/mol. The van der Waals surface area contributed by atoms with Crippen LogP contribution in [0.5, 0.6) is 0 Å². The first-order valence-corrected chi connectivity index (χ1v) is 10.8. The minimum absolute atomic E-state index is 0.164. The SMILES string of the molecule is N=C(c1ccc(CNc2ccc(F)cc2C(=O)Nc2ccc(Cl)cn2)cc1)N1CCOCC1. The molecule has 1 aromatic heterocycles. The number of ether oxygens (including phenoxy) is 1. The number of nitrogens with one attached hydrogen (secondary N) is 3. The topological polar surface area (TPSA) is 90.3 Å². The first-order valence-electron chi connectivity index (χ1n) is 10.5. The average Bonchev–Trinajstić information content (AvgIpc) is 2.85. The van der Waals surface area contributed by atoms with E-state index in [1.165, 1.54) is 24.4 Å². The summed E-state index contributed by atoms with van der Waals surface area (Å²) in [4.78, 5) is 18.8. The van der Waals surface area contributed by atoms with Gasteiger partial charge >= 0.3 is 0 Å². The molecule has 3 aromatic rings. The third-order valence-corrected chi connectivity index (χ3v) is 5.46. The molecule has 0 atom stereocenters. The fourth-order valence-electron chi connectivity index (χ4n) is 3.44. The van der Waals surface area contributed by atoms with E-state index >= 15 is 0 Å². The number of nitrogens with zero attached hydrogens (tertiary/aromatic N) is 2. The van der Waals surface area contributed by atoms with Gasteiger partial charge in [-0.15, -0.1) is 0 Å². The lowest BCUT2D eigenvalue weighted by Crippen LogP contribution is -2.40. The maximum Gasteiger partial charge on any atom is 0.259 e. The Morgan fingerprint density at radius 2 is 1.88 bits per heavy atom. The number of amides is 1. The van der Waals surface area contributed by atoms with Crippen LogP contribution >= 0.6 is 11.6 Å². The lowest BCUT2D eigenvalue weighted by molar-refractivity contribution is 0.0680. The van der Waals surface area contributed by atoms with Crippen LogP contribution in [0.25, 0.3) is 0 Å². The molecule has 1 aliphatic heterocycles. The summed E-state index contributed by atoms with van der Waals surface area (Å²) in [7, 11) is 0. The molecule has 1 aliphatic rings. The van der Waals surface area contributed by atoms with E-state index in [0.717, 1.165) is 11.1 Å². The van der Waals surface area contributed by atoms with Crippen molar-refractivity contribution in [3.63, 3.8) is 0 Å². The second kappa shape index (κ2) is 10.4. The van der Waals surface area contributed by atoms with E-state index in [2.05, 4.69) is 15.6 Å². The quantitative estimate of drug-likeness (QED) is 0.369. The number of halogens is 2. The van der Waals surface area contributed by atoms with Crippen molar-refractivity contribution in [1.29, 1.82) is 5.41 Å². The normalized spacial score (nSPS) is 13.5. The van der Waals surface area contributed by atoms with Crippen molar-refractivity contribution >= 4 is 34.8 Å². The number of carbonyl (C=O) groups is 1. The van der Waals surface area contributed by atoms with Crippen molar-refractivity contribution in [2.75, 3.05) is 36.9 Å². The van der Waals surface area contributed by atoms with Gasteiger partial charge in [0.2, 0.25) is 0 Å². The maximum atomic E-state index is 13.9. The third kappa shape index (κ3) is 5.85. The van der Waals surface area contributed by atoms with E-state index in [4.69, 9.17) is 21.7 Å². The van der Waals surface area contributed by atoms with Crippen molar-refractivity contribution in [2.45, 2.75) is 6.54 Å². The summed E-state index contributed by atoms with van der Waals surface area (Å²) in [5, 5.41) is 14.7. The smallest absolute Gasteiger partial charge is 0.259 e. The van der Waals surface area contributed by atoms with E-state index < -0.39 is 11.7 Å². The number of rotatable bonds is 6. The summed E-state index contributed by atoms with van der Waals surface area (Å²) >= 11 is 5.82. The van der Waals surface area contributed by atoms with Gasteiger partial charge in [0.1, 0.15) is 17.5 Å². The van der Waals surface area contributed by atoms with Crippen LogP contribution in [0.4, 0.5) is 15.9 Å². The molecule has 1 amide bonds. The number of hydrogen-bond acceptors (Lipinski definition) is 5. The fraction of sp³-hybridized carbons (Fsp3) is 0.208. The van der Waals surface area contributed by atoms with Gasteiger partial charge in [0.05, 0.1) is 23.8 Å². The molecule has 1 saturated heterocycles. The number of carbonyl (C=O) groups excluding carboxylic acids is 1. The Morgan fingerprint density at radius 3 is 2.58 bits per heavy atom. The molecule has 3 N–H and O–H groups in total. The van der Waals surface area contributed by atoms with Crippen molar-refractivity contribution in [3.05, 3.63) is 88.3 Å². The molecule has 170 valence electrons. The molecular formula is C24H23ClFN5O2. The molecule has 0 radical (unpaired) electrons. The number of anilines is 2. The van der Waals surface area contributed by atoms with Gasteiger partial charge < -0.3 is 20.3 Å². The minimum Gasteiger partial charge on any atom is -0.380 e. The lowest BCUT2D eigenvalue weighted by atomic mass is 10.1. The van der Waals surface area contributed by atoms with Gasteiger partial charge in [0.15, 0.2) is 0 Å². The van der Waals surface area contributed by atoms with Gasteiger partial charge in [-0.05, 0) is 35.9 Å². The molecule has 1 fully saturated rings. The van der Waals surface area contributed by atoms with Gasteiger partial charge in [0, 0.05) is 37.1 Å². The van der Waals surface area contributed by atoms with Crippen LogP contribution in [-0.4, -0.2) is 47.9 Å². The monoisotopic (exact) mass is 467 g/mol. The summed E-state index contributed by atoms with van der Waals surface area (Å²) in [6.45, 7) is 3.11. The second-order valence-electron chi connectivity index (χ2n) is 7.50. The fourth-order valence-corrected chi connectivity index (χ4v) is 3.55. The third-order valence-electron chi connectivity index (χ3n) is 5.23. The first-order chi connectivity index (χ1) is 16.0. The number of morpholine rings is 1. The Morgan fingerprint density at radius 1 is 1.12 bits per heavy atom. The molecule has 2 aromatic carbocycles. The van der Waals surface area contributed by atoms with Crippen LogP contribution in [0, 0.1) is 11.2 Å². The number of aromatic nitrogens is 1. The number of benzene rings is 2. The van der Waals surface area contributed by atoms with Crippen LogP contribution in [0.3, 0.4) is 0 Å². The Balaban J connectivity index is 1.42. The van der Waals surface area contributed by atoms with E-state index in [1.807, 2.05) is 29.2 Å². The van der Waals surface area contributed by atoms with Crippen molar-refractivity contribution < 1.29 is 13.9 Å². The molecule has 7 nitrogen and oxygen atoms in total. The van der Waals surface area contributed by atoms with Gasteiger partial charge in [0.25, 0.3) is 5.91 Å². The van der Waals surface area contributed by atoms with Crippen LogP contribution in [-0.2, 0) is 11.3 Å². The van der Waals surface area contributed by atoms with Crippen LogP contribution in [0.2, 0.25) is 5.02 Å². The molecule has 4 rings (SSSR count). The zero-order chi connectivity index (χ0) is 23.2. The van der Waals surface area contributed by atoms with Gasteiger partial charge in [-0.1, -0.05) is 35.9 Å². The molecule has 0 unspecified atom stereocenters. The molecule has 0 aliphatic carbocycles. The Kier molecular flexibility index (Phi) is 7.16. The van der Waals surface area contributed by atoms with E-state index in [-0.39, 0.29) is 5.56 Å². The average molecular weight is 468 g/mol. The second-order valence-corrected chi connectivity index (χ2v) is 7.94. The highest BCUT2D eigenvalue weighted by Crippen LogP contribution is 2.20. The molecule has 0 saturated carbocycles. The zero-order valence-corrected chi connectivity index (χ0v) is 18.5.